The SMILES string of the molecule is Cl.O=C(NCC(N1CCNCC1)C(F)(F)F)c1cc(Cl)sc1Cl. The molecular weight excluding hydrogens is 398 g/mol. The Kier molecular flexibility index (Phi) is 7.89. The van der Waals surface area contributed by atoms with Crippen LogP contribution in [0.4, 0.5) is 13.2 Å². The molecule has 23 heavy (non-hydrogen) atoms. The quantitative estimate of drug-likeness (QED) is 0.799. The van der Waals surface area contributed by atoms with Gasteiger partial charge < -0.3 is 10.6 Å². The lowest BCUT2D eigenvalue weighted by Gasteiger charge is -2.35. The number of carbonyl (C=O) groups excluding carboxylic acids is 1. The molecule has 4 nitrogen and oxygen atoms in total. The predicted octanol–water partition coefficient (Wildman–Crippen LogP) is 3.04. The summed E-state index contributed by atoms with van der Waals surface area (Å²) in [6.07, 6.45) is -4.42. The minimum absolute atomic E-state index is 0. The molecular formula is C12H15Cl3F3N3OS. The Labute approximate surface area is 151 Å². The first-order valence-electron chi connectivity index (χ1n) is 6.53. The molecule has 1 fully saturated rings. The third kappa shape index (κ3) is 5.65. The summed E-state index contributed by atoms with van der Waals surface area (Å²) in [6, 6.07) is -0.372. The van der Waals surface area contributed by atoms with E-state index in [1.807, 2.05) is 0 Å². The zero-order valence-electron chi connectivity index (χ0n) is 11.8. The van der Waals surface area contributed by atoms with Crippen LogP contribution >= 0.6 is 46.9 Å². The van der Waals surface area contributed by atoms with E-state index >= 15 is 0 Å². The van der Waals surface area contributed by atoms with Gasteiger partial charge in [0.1, 0.15) is 10.4 Å². The van der Waals surface area contributed by atoms with E-state index in [0.29, 0.717) is 17.4 Å². The zero-order chi connectivity index (χ0) is 16.3. The van der Waals surface area contributed by atoms with Crippen LogP contribution < -0.4 is 10.6 Å². The number of thiophene rings is 1. The van der Waals surface area contributed by atoms with E-state index in [2.05, 4.69) is 10.6 Å². The molecule has 0 aliphatic carbocycles. The van der Waals surface area contributed by atoms with Gasteiger partial charge >= 0.3 is 6.18 Å². The molecule has 2 N–H and O–H groups in total. The Morgan fingerprint density at radius 1 is 1.39 bits per heavy atom. The van der Waals surface area contributed by atoms with Gasteiger partial charge in [0, 0.05) is 32.7 Å². The number of halogens is 6. The largest absolute Gasteiger partial charge is 0.405 e. The van der Waals surface area contributed by atoms with Crippen molar-refractivity contribution < 1.29 is 18.0 Å². The molecule has 1 aromatic rings. The van der Waals surface area contributed by atoms with Crippen molar-refractivity contribution in [1.29, 1.82) is 0 Å². The normalized spacial score (nSPS) is 17.4. The standard InChI is InChI=1S/C12H14Cl2F3N3OS.ClH/c13-9-5-7(10(14)22-9)11(21)19-6-8(12(15,16)17)20-3-1-18-2-4-20;/h5,8,18H,1-4,6H2,(H,19,21);1H. The molecule has 2 rings (SSSR count). The number of nitrogens with zero attached hydrogens (tertiary/aromatic N) is 1. The molecule has 1 aliphatic heterocycles. The molecule has 132 valence electrons. The van der Waals surface area contributed by atoms with Crippen LogP contribution in [0.3, 0.4) is 0 Å². The Morgan fingerprint density at radius 2 is 2.00 bits per heavy atom. The predicted molar refractivity (Wildman–Crippen MR) is 88.2 cm³/mol. The average Bonchev–Trinajstić information content (AvgIpc) is 2.77. The van der Waals surface area contributed by atoms with Crippen LogP contribution in [0.15, 0.2) is 6.07 Å². The summed E-state index contributed by atoms with van der Waals surface area (Å²) in [7, 11) is 0. The molecule has 1 saturated heterocycles. The smallest absolute Gasteiger partial charge is 0.350 e. The maximum atomic E-state index is 13.2. The lowest BCUT2D eigenvalue weighted by molar-refractivity contribution is -0.183. The summed E-state index contributed by atoms with van der Waals surface area (Å²) in [5, 5.41) is 5.29. The number of alkyl halides is 3. The maximum absolute atomic E-state index is 13.2. The first kappa shape index (κ1) is 20.8. The van der Waals surface area contributed by atoms with Gasteiger partial charge in [0.15, 0.2) is 0 Å². The molecule has 1 aliphatic rings. The maximum Gasteiger partial charge on any atom is 0.405 e. The van der Waals surface area contributed by atoms with Gasteiger partial charge in [-0.1, -0.05) is 23.2 Å². The summed E-state index contributed by atoms with van der Waals surface area (Å²) >= 11 is 12.5. The van der Waals surface area contributed by atoms with Crippen molar-refractivity contribution in [1.82, 2.24) is 15.5 Å². The lowest BCUT2D eigenvalue weighted by atomic mass is 10.2. The molecule has 1 atom stereocenters. The van der Waals surface area contributed by atoms with Crippen LogP contribution in [0.1, 0.15) is 10.4 Å². The van der Waals surface area contributed by atoms with Crippen molar-refractivity contribution in [2.24, 2.45) is 0 Å². The van der Waals surface area contributed by atoms with Crippen LogP contribution in [0.2, 0.25) is 8.67 Å². The van der Waals surface area contributed by atoms with Crippen molar-refractivity contribution in [3.8, 4) is 0 Å². The van der Waals surface area contributed by atoms with Gasteiger partial charge in [0.2, 0.25) is 0 Å². The van der Waals surface area contributed by atoms with Crippen molar-refractivity contribution in [2.45, 2.75) is 12.2 Å². The third-order valence-electron chi connectivity index (χ3n) is 3.33. The van der Waals surface area contributed by atoms with E-state index in [1.165, 1.54) is 11.0 Å². The highest BCUT2D eigenvalue weighted by molar-refractivity contribution is 7.20. The van der Waals surface area contributed by atoms with Gasteiger partial charge in [-0.2, -0.15) is 13.2 Å². The van der Waals surface area contributed by atoms with Crippen molar-refractivity contribution >= 4 is 52.9 Å². The van der Waals surface area contributed by atoms with E-state index in [4.69, 9.17) is 23.2 Å². The third-order valence-corrected chi connectivity index (χ3v) is 4.82. The molecule has 1 aromatic heterocycles. The zero-order valence-corrected chi connectivity index (χ0v) is 14.9. The molecule has 11 heteroatoms. The molecule has 2 heterocycles. The molecule has 0 spiro atoms. The first-order chi connectivity index (χ1) is 10.3. The van der Waals surface area contributed by atoms with Gasteiger partial charge in [-0.05, 0) is 6.07 Å². The highest BCUT2D eigenvalue weighted by Crippen LogP contribution is 2.31. The minimum atomic E-state index is -4.42. The van der Waals surface area contributed by atoms with E-state index in [0.717, 1.165) is 11.3 Å². The van der Waals surface area contributed by atoms with Crippen LogP contribution in [-0.2, 0) is 0 Å². The average molecular weight is 413 g/mol. The molecule has 1 unspecified atom stereocenters. The van der Waals surface area contributed by atoms with Gasteiger partial charge in [0.25, 0.3) is 5.91 Å². The first-order valence-corrected chi connectivity index (χ1v) is 8.11. The van der Waals surface area contributed by atoms with Gasteiger partial charge in [-0.3, -0.25) is 9.69 Å². The number of nitrogens with one attached hydrogen (secondary N) is 2. The van der Waals surface area contributed by atoms with Crippen LogP contribution in [0.25, 0.3) is 0 Å². The molecule has 0 radical (unpaired) electrons. The Hall–Kier alpha value is -0.250. The fraction of sp³-hybridized carbons (Fsp3) is 0.583. The number of carbonyl (C=O) groups is 1. The minimum Gasteiger partial charge on any atom is -0.350 e. The number of rotatable bonds is 4. The van der Waals surface area contributed by atoms with E-state index in [9.17, 15) is 18.0 Å². The second-order valence-corrected chi connectivity index (χ2v) is 7.08. The topological polar surface area (TPSA) is 44.4 Å². The Morgan fingerprint density at radius 3 is 2.48 bits per heavy atom. The fourth-order valence-electron chi connectivity index (χ4n) is 2.23. The van der Waals surface area contributed by atoms with Crippen molar-refractivity contribution in [2.75, 3.05) is 32.7 Å². The summed E-state index contributed by atoms with van der Waals surface area (Å²) in [6.45, 7) is 1.03. The van der Waals surface area contributed by atoms with Crippen molar-refractivity contribution in [3.63, 3.8) is 0 Å². The fourth-order valence-corrected chi connectivity index (χ4v) is 3.68. The van der Waals surface area contributed by atoms with Gasteiger partial charge in [-0.25, -0.2) is 0 Å². The lowest BCUT2D eigenvalue weighted by Crippen LogP contribution is -2.57. The number of piperazine rings is 1. The Bertz CT molecular complexity index is 535. The van der Waals surface area contributed by atoms with Crippen molar-refractivity contribution in [3.05, 3.63) is 20.3 Å². The molecule has 0 saturated carbocycles. The highest BCUT2D eigenvalue weighted by Gasteiger charge is 2.43. The number of hydrogen-bond acceptors (Lipinski definition) is 4. The van der Waals surface area contributed by atoms with E-state index in [-0.39, 0.29) is 35.4 Å². The highest BCUT2D eigenvalue weighted by atomic mass is 35.5. The molecule has 1 amide bonds. The van der Waals surface area contributed by atoms with E-state index < -0.39 is 24.7 Å². The Balaban J connectivity index is 0.00000264. The number of hydrogen-bond donors (Lipinski definition) is 2. The van der Waals surface area contributed by atoms with Crippen LogP contribution in [-0.4, -0.2) is 55.7 Å². The van der Waals surface area contributed by atoms with Gasteiger partial charge in [0.05, 0.1) is 9.90 Å². The second kappa shape index (κ2) is 8.73. The summed E-state index contributed by atoms with van der Waals surface area (Å²) in [5.74, 6) is -0.655. The van der Waals surface area contributed by atoms with E-state index in [1.54, 1.807) is 0 Å². The van der Waals surface area contributed by atoms with Gasteiger partial charge in [-0.15, -0.1) is 23.7 Å². The monoisotopic (exact) mass is 411 g/mol. The molecule has 0 bridgehead atoms. The molecule has 0 aromatic carbocycles. The second-order valence-electron chi connectivity index (χ2n) is 4.79. The summed E-state index contributed by atoms with van der Waals surface area (Å²) < 4.78 is 40.0. The number of amides is 1. The summed E-state index contributed by atoms with van der Waals surface area (Å²) in [4.78, 5) is 13.3. The summed E-state index contributed by atoms with van der Waals surface area (Å²) in [5.41, 5.74) is 0.0953. The van der Waals surface area contributed by atoms with Crippen LogP contribution in [0.5, 0.6) is 0 Å². The van der Waals surface area contributed by atoms with Crippen LogP contribution in [0, 0.1) is 0 Å².